The third kappa shape index (κ3) is 6.28. The van der Waals surface area contributed by atoms with E-state index in [4.69, 9.17) is 0 Å². The number of hydrogen-bond donors (Lipinski definition) is 1. The van der Waals surface area contributed by atoms with Crippen LogP contribution in [0.3, 0.4) is 0 Å². The first-order valence-corrected chi connectivity index (χ1v) is 9.31. The number of rotatable bonds is 8. The Balaban J connectivity index is 2.47. The Bertz CT molecular complexity index is 282. The summed E-state index contributed by atoms with van der Waals surface area (Å²) in [6, 6.07) is 0.674. The Kier molecular flexibility index (Phi) is 7.70. The number of hydrogen-bond acceptors (Lipinski definition) is 2. The van der Waals surface area contributed by atoms with Crippen molar-refractivity contribution in [2.45, 2.75) is 98.1 Å². The van der Waals surface area contributed by atoms with Crippen molar-refractivity contribution in [3.05, 3.63) is 0 Å². The van der Waals surface area contributed by atoms with E-state index in [0.29, 0.717) is 17.0 Å². The molecule has 2 atom stereocenters. The van der Waals surface area contributed by atoms with Gasteiger partial charge in [0.1, 0.15) is 0 Å². The van der Waals surface area contributed by atoms with Crippen molar-refractivity contribution >= 4 is 0 Å². The highest BCUT2D eigenvalue weighted by Crippen LogP contribution is 2.30. The van der Waals surface area contributed by atoms with Crippen LogP contribution in [-0.4, -0.2) is 36.1 Å². The third-order valence-corrected chi connectivity index (χ3v) is 5.29. The van der Waals surface area contributed by atoms with Gasteiger partial charge in [-0.25, -0.2) is 0 Å². The molecule has 1 aliphatic heterocycles. The lowest BCUT2D eigenvalue weighted by Crippen LogP contribution is -2.65. The Morgan fingerprint density at radius 3 is 2.24 bits per heavy atom. The first-order valence-electron chi connectivity index (χ1n) is 9.31. The van der Waals surface area contributed by atoms with Gasteiger partial charge in [-0.3, -0.25) is 4.90 Å². The molecular weight excluding hydrogens is 256 g/mol. The van der Waals surface area contributed by atoms with Gasteiger partial charge in [-0.2, -0.15) is 0 Å². The molecule has 0 aromatic rings. The van der Waals surface area contributed by atoms with Crippen molar-refractivity contribution in [1.29, 1.82) is 0 Å². The molecule has 0 spiro atoms. The number of unbranched alkanes of at least 4 members (excludes halogenated alkanes) is 5. The highest BCUT2D eigenvalue weighted by molar-refractivity contribution is 4.98. The maximum atomic E-state index is 3.81. The third-order valence-electron chi connectivity index (χ3n) is 5.29. The molecule has 0 aromatic heterocycles. The van der Waals surface area contributed by atoms with Gasteiger partial charge in [-0.1, -0.05) is 66.7 Å². The zero-order valence-electron chi connectivity index (χ0n) is 15.6. The highest BCUT2D eigenvalue weighted by atomic mass is 15.3. The molecule has 0 aromatic carbocycles. The van der Waals surface area contributed by atoms with Crippen LogP contribution in [0.4, 0.5) is 0 Å². The van der Waals surface area contributed by atoms with Crippen LogP contribution < -0.4 is 5.32 Å². The topological polar surface area (TPSA) is 15.3 Å². The van der Waals surface area contributed by atoms with Crippen LogP contribution in [0.2, 0.25) is 0 Å². The summed E-state index contributed by atoms with van der Waals surface area (Å²) in [6.45, 7) is 17.8. The SMILES string of the molecule is CCCCCCCCN1CC(C)(CC)NCC1C(C)(C)C. The predicted molar refractivity (Wildman–Crippen MR) is 94.9 cm³/mol. The van der Waals surface area contributed by atoms with Gasteiger partial charge < -0.3 is 5.32 Å². The maximum absolute atomic E-state index is 3.81. The maximum Gasteiger partial charge on any atom is 0.0278 e. The molecule has 1 N–H and O–H groups in total. The van der Waals surface area contributed by atoms with Crippen LogP contribution in [0.25, 0.3) is 0 Å². The first-order chi connectivity index (χ1) is 9.82. The van der Waals surface area contributed by atoms with Crippen LogP contribution in [0.1, 0.15) is 86.5 Å². The molecule has 126 valence electrons. The van der Waals surface area contributed by atoms with E-state index in [9.17, 15) is 0 Å². The van der Waals surface area contributed by atoms with Crippen LogP contribution in [0.15, 0.2) is 0 Å². The Morgan fingerprint density at radius 2 is 1.67 bits per heavy atom. The molecule has 1 saturated heterocycles. The summed E-state index contributed by atoms with van der Waals surface area (Å²) >= 11 is 0. The number of piperazine rings is 1. The fourth-order valence-corrected chi connectivity index (χ4v) is 3.51. The second-order valence-corrected chi connectivity index (χ2v) is 8.42. The summed E-state index contributed by atoms with van der Waals surface area (Å²) < 4.78 is 0. The predicted octanol–water partition coefficient (Wildman–Crippen LogP) is 4.84. The standard InChI is InChI=1S/C19H40N2/c1-7-9-10-11-12-13-14-21-16-19(6,8-2)20-15-17(21)18(3,4)5/h17,20H,7-16H2,1-6H3. The van der Waals surface area contributed by atoms with E-state index in [0.717, 1.165) is 6.54 Å². The van der Waals surface area contributed by atoms with E-state index < -0.39 is 0 Å². The van der Waals surface area contributed by atoms with Gasteiger partial charge >= 0.3 is 0 Å². The summed E-state index contributed by atoms with van der Waals surface area (Å²) in [5.41, 5.74) is 0.675. The quantitative estimate of drug-likeness (QED) is 0.645. The molecular formula is C19H40N2. The second-order valence-electron chi connectivity index (χ2n) is 8.42. The van der Waals surface area contributed by atoms with E-state index in [1.165, 1.54) is 58.0 Å². The van der Waals surface area contributed by atoms with E-state index >= 15 is 0 Å². The lowest BCUT2D eigenvalue weighted by molar-refractivity contribution is 0.0252. The van der Waals surface area contributed by atoms with Crippen LogP contribution in [0, 0.1) is 5.41 Å². The Labute approximate surface area is 134 Å². The molecule has 0 amide bonds. The summed E-state index contributed by atoms with van der Waals surface area (Å²) in [6.07, 6.45) is 9.60. The van der Waals surface area contributed by atoms with Gasteiger partial charge in [-0.05, 0) is 31.7 Å². The lowest BCUT2D eigenvalue weighted by atomic mass is 9.81. The summed E-state index contributed by atoms with van der Waals surface area (Å²) in [5.74, 6) is 0. The molecule has 1 rings (SSSR count). The summed E-state index contributed by atoms with van der Waals surface area (Å²) in [5, 5.41) is 3.81. The molecule has 1 heterocycles. The van der Waals surface area contributed by atoms with Crippen molar-refractivity contribution in [1.82, 2.24) is 10.2 Å². The smallest absolute Gasteiger partial charge is 0.0278 e. The number of nitrogens with one attached hydrogen (secondary N) is 1. The zero-order valence-corrected chi connectivity index (χ0v) is 15.6. The Hall–Kier alpha value is -0.0800. The van der Waals surface area contributed by atoms with Crippen molar-refractivity contribution in [3.63, 3.8) is 0 Å². The summed E-state index contributed by atoms with van der Waals surface area (Å²) in [7, 11) is 0. The largest absolute Gasteiger partial charge is 0.309 e. The second kappa shape index (κ2) is 8.53. The zero-order chi connectivity index (χ0) is 15.9. The Morgan fingerprint density at radius 1 is 1.05 bits per heavy atom. The molecule has 0 bridgehead atoms. The first kappa shape index (κ1) is 19.0. The average Bonchev–Trinajstić information content (AvgIpc) is 2.41. The fourth-order valence-electron chi connectivity index (χ4n) is 3.51. The lowest BCUT2D eigenvalue weighted by Gasteiger charge is -2.50. The van der Waals surface area contributed by atoms with Gasteiger partial charge in [0.2, 0.25) is 0 Å². The minimum atomic E-state index is 0.309. The minimum absolute atomic E-state index is 0.309. The summed E-state index contributed by atoms with van der Waals surface area (Å²) in [4.78, 5) is 2.78. The van der Waals surface area contributed by atoms with Crippen LogP contribution in [-0.2, 0) is 0 Å². The average molecular weight is 297 g/mol. The van der Waals surface area contributed by atoms with Crippen molar-refractivity contribution in [3.8, 4) is 0 Å². The molecule has 0 radical (unpaired) electrons. The minimum Gasteiger partial charge on any atom is -0.309 e. The van der Waals surface area contributed by atoms with Gasteiger partial charge in [0.05, 0.1) is 0 Å². The molecule has 21 heavy (non-hydrogen) atoms. The van der Waals surface area contributed by atoms with Crippen molar-refractivity contribution < 1.29 is 0 Å². The molecule has 2 nitrogen and oxygen atoms in total. The normalized spacial score (nSPS) is 28.0. The van der Waals surface area contributed by atoms with Crippen molar-refractivity contribution in [2.24, 2.45) is 5.41 Å². The van der Waals surface area contributed by atoms with Gasteiger partial charge in [0.15, 0.2) is 0 Å². The van der Waals surface area contributed by atoms with Crippen LogP contribution >= 0.6 is 0 Å². The van der Waals surface area contributed by atoms with Gasteiger partial charge in [0, 0.05) is 24.7 Å². The highest BCUT2D eigenvalue weighted by Gasteiger charge is 2.39. The van der Waals surface area contributed by atoms with E-state index in [1.54, 1.807) is 0 Å². The van der Waals surface area contributed by atoms with Crippen molar-refractivity contribution in [2.75, 3.05) is 19.6 Å². The van der Waals surface area contributed by atoms with E-state index in [2.05, 4.69) is 51.8 Å². The molecule has 1 aliphatic rings. The van der Waals surface area contributed by atoms with Crippen LogP contribution in [0.5, 0.6) is 0 Å². The van der Waals surface area contributed by atoms with Gasteiger partial charge in [0.25, 0.3) is 0 Å². The molecule has 0 aliphatic carbocycles. The van der Waals surface area contributed by atoms with E-state index in [-0.39, 0.29) is 0 Å². The van der Waals surface area contributed by atoms with E-state index in [1.807, 2.05) is 0 Å². The molecule has 0 saturated carbocycles. The monoisotopic (exact) mass is 296 g/mol. The fraction of sp³-hybridized carbons (Fsp3) is 1.00. The molecule has 2 unspecified atom stereocenters. The molecule has 1 fully saturated rings. The number of nitrogens with zero attached hydrogens (tertiary/aromatic N) is 1. The molecule has 2 heteroatoms. The van der Waals surface area contributed by atoms with Gasteiger partial charge in [-0.15, -0.1) is 0 Å².